The van der Waals surface area contributed by atoms with Gasteiger partial charge in [-0.15, -0.1) is 0 Å². The summed E-state index contributed by atoms with van der Waals surface area (Å²) in [5.74, 6) is 0.626. The van der Waals surface area contributed by atoms with E-state index in [0.29, 0.717) is 28.4 Å². The minimum Gasteiger partial charge on any atom is -0.497 e. The first kappa shape index (κ1) is 10.5. The number of benzene rings is 1. The minimum absolute atomic E-state index is 0.301. The molecule has 0 unspecified atom stereocenters. The third-order valence-electron chi connectivity index (χ3n) is 2.35. The summed E-state index contributed by atoms with van der Waals surface area (Å²) in [6.07, 6.45) is 0. The van der Waals surface area contributed by atoms with Crippen LogP contribution in [0.1, 0.15) is 5.56 Å². The van der Waals surface area contributed by atoms with Crippen LogP contribution in [0.4, 0.5) is 10.2 Å². The fourth-order valence-corrected chi connectivity index (χ4v) is 1.53. The van der Waals surface area contributed by atoms with Crippen LogP contribution in [0.25, 0.3) is 11.3 Å². The zero-order chi connectivity index (χ0) is 11.7. The number of aromatic amines is 1. The maximum atomic E-state index is 13.9. The van der Waals surface area contributed by atoms with Crippen molar-refractivity contribution in [2.24, 2.45) is 0 Å². The van der Waals surface area contributed by atoms with Crippen LogP contribution in [0, 0.1) is 12.7 Å². The number of rotatable bonds is 2. The standard InChI is InChI=1S/C11H12FN3O/c1-6-3-7(16-2)4-8(11(6)12)9-5-10(13)15-14-9/h3-5H,1-2H3,(H3,13,14,15). The number of H-pyrrole nitrogens is 1. The molecule has 1 aromatic carbocycles. The number of aryl methyl sites for hydroxylation is 1. The molecule has 2 aromatic rings. The molecule has 2 rings (SSSR count). The van der Waals surface area contributed by atoms with Gasteiger partial charge in [-0.3, -0.25) is 5.10 Å². The number of nitrogens with two attached hydrogens (primary N) is 1. The molecule has 0 radical (unpaired) electrons. The largest absolute Gasteiger partial charge is 0.497 e. The molecular weight excluding hydrogens is 209 g/mol. The lowest BCUT2D eigenvalue weighted by atomic mass is 10.1. The van der Waals surface area contributed by atoms with E-state index in [1.807, 2.05) is 0 Å². The first-order valence-corrected chi connectivity index (χ1v) is 4.77. The van der Waals surface area contributed by atoms with Gasteiger partial charge in [-0.2, -0.15) is 5.10 Å². The summed E-state index contributed by atoms with van der Waals surface area (Å²) in [6, 6.07) is 4.82. The fourth-order valence-electron chi connectivity index (χ4n) is 1.53. The Morgan fingerprint density at radius 2 is 2.12 bits per heavy atom. The quantitative estimate of drug-likeness (QED) is 0.816. The van der Waals surface area contributed by atoms with Gasteiger partial charge < -0.3 is 10.5 Å². The second-order valence-electron chi connectivity index (χ2n) is 3.51. The Hall–Kier alpha value is -2.04. The van der Waals surface area contributed by atoms with Crippen LogP contribution in [0.5, 0.6) is 5.75 Å². The van der Waals surface area contributed by atoms with Crippen molar-refractivity contribution in [1.82, 2.24) is 10.2 Å². The van der Waals surface area contributed by atoms with Gasteiger partial charge in [-0.05, 0) is 24.6 Å². The molecule has 0 atom stereocenters. The van der Waals surface area contributed by atoms with Gasteiger partial charge in [0.2, 0.25) is 0 Å². The van der Waals surface area contributed by atoms with E-state index in [4.69, 9.17) is 10.5 Å². The van der Waals surface area contributed by atoms with Crippen molar-refractivity contribution in [1.29, 1.82) is 0 Å². The van der Waals surface area contributed by atoms with Gasteiger partial charge in [0.25, 0.3) is 0 Å². The second kappa shape index (κ2) is 3.84. The molecule has 0 aliphatic carbocycles. The number of nitrogen functional groups attached to an aromatic ring is 1. The predicted molar refractivity (Wildman–Crippen MR) is 59.7 cm³/mol. The van der Waals surface area contributed by atoms with Crippen molar-refractivity contribution in [3.8, 4) is 17.0 Å². The SMILES string of the molecule is COc1cc(C)c(F)c(-c2cc(N)n[nH]2)c1. The molecule has 0 aliphatic heterocycles. The van der Waals surface area contributed by atoms with Crippen LogP contribution in [-0.4, -0.2) is 17.3 Å². The summed E-state index contributed by atoms with van der Waals surface area (Å²) in [5, 5.41) is 6.44. The Labute approximate surface area is 92.2 Å². The maximum absolute atomic E-state index is 13.9. The van der Waals surface area contributed by atoms with Crippen LogP contribution in [0.3, 0.4) is 0 Å². The zero-order valence-electron chi connectivity index (χ0n) is 9.04. The Morgan fingerprint density at radius 1 is 1.38 bits per heavy atom. The van der Waals surface area contributed by atoms with E-state index in [1.54, 1.807) is 25.1 Å². The predicted octanol–water partition coefficient (Wildman–Crippen LogP) is 2.12. The second-order valence-corrected chi connectivity index (χ2v) is 3.51. The first-order chi connectivity index (χ1) is 7.61. The maximum Gasteiger partial charge on any atom is 0.145 e. The normalized spacial score (nSPS) is 10.4. The molecule has 0 saturated carbocycles. The molecule has 0 saturated heterocycles. The number of nitrogens with zero attached hydrogens (tertiary/aromatic N) is 1. The van der Waals surface area contributed by atoms with Crippen molar-refractivity contribution < 1.29 is 9.13 Å². The van der Waals surface area contributed by atoms with Crippen molar-refractivity contribution in [3.05, 3.63) is 29.6 Å². The third kappa shape index (κ3) is 1.71. The van der Waals surface area contributed by atoms with Crippen molar-refractivity contribution in [3.63, 3.8) is 0 Å². The van der Waals surface area contributed by atoms with E-state index in [1.165, 1.54) is 7.11 Å². The first-order valence-electron chi connectivity index (χ1n) is 4.77. The van der Waals surface area contributed by atoms with Crippen LogP contribution >= 0.6 is 0 Å². The topological polar surface area (TPSA) is 63.9 Å². The van der Waals surface area contributed by atoms with Crippen molar-refractivity contribution >= 4 is 5.82 Å². The number of ether oxygens (including phenoxy) is 1. The van der Waals surface area contributed by atoms with Crippen LogP contribution in [-0.2, 0) is 0 Å². The average molecular weight is 221 g/mol. The van der Waals surface area contributed by atoms with Gasteiger partial charge in [0.05, 0.1) is 12.8 Å². The lowest BCUT2D eigenvalue weighted by Crippen LogP contribution is -1.92. The van der Waals surface area contributed by atoms with Crippen LogP contribution in [0.15, 0.2) is 18.2 Å². The Morgan fingerprint density at radius 3 is 2.69 bits per heavy atom. The van der Waals surface area contributed by atoms with E-state index >= 15 is 0 Å². The Kier molecular flexibility index (Phi) is 2.52. The molecule has 84 valence electrons. The van der Waals surface area contributed by atoms with Crippen molar-refractivity contribution in [2.45, 2.75) is 6.92 Å². The monoisotopic (exact) mass is 221 g/mol. The van der Waals surface area contributed by atoms with E-state index in [-0.39, 0.29) is 5.82 Å². The number of aromatic nitrogens is 2. The number of nitrogens with one attached hydrogen (secondary N) is 1. The summed E-state index contributed by atoms with van der Waals surface area (Å²) >= 11 is 0. The summed E-state index contributed by atoms with van der Waals surface area (Å²) in [4.78, 5) is 0. The highest BCUT2D eigenvalue weighted by Crippen LogP contribution is 2.28. The average Bonchev–Trinajstić information content (AvgIpc) is 2.68. The zero-order valence-corrected chi connectivity index (χ0v) is 9.04. The lowest BCUT2D eigenvalue weighted by Gasteiger charge is -2.07. The van der Waals surface area contributed by atoms with Gasteiger partial charge in [-0.1, -0.05) is 0 Å². The molecule has 0 fully saturated rings. The lowest BCUT2D eigenvalue weighted by molar-refractivity contribution is 0.413. The van der Waals surface area contributed by atoms with E-state index in [2.05, 4.69) is 10.2 Å². The number of hydrogen-bond donors (Lipinski definition) is 2. The summed E-state index contributed by atoms with van der Waals surface area (Å²) < 4.78 is 19.0. The summed E-state index contributed by atoms with van der Waals surface area (Å²) in [7, 11) is 1.54. The molecule has 0 spiro atoms. The Balaban J connectivity index is 2.59. The molecule has 3 N–H and O–H groups in total. The fraction of sp³-hybridized carbons (Fsp3) is 0.182. The van der Waals surface area contributed by atoms with E-state index in [9.17, 15) is 4.39 Å². The van der Waals surface area contributed by atoms with Gasteiger partial charge in [0.1, 0.15) is 17.4 Å². The molecule has 0 amide bonds. The molecule has 5 heteroatoms. The molecule has 4 nitrogen and oxygen atoms in total. The molecule has 0 aliphatic rings. The number of hydrogen-bond acceptors (Lipinski definition) is 3. The van der Waals surface area contributed by atoms with Gasteiger partial charge in [0, 0.05) is 11.6 Å². The molecular formula is C11H12FN3O. The highest BCUT2D eigenvalue weighted by atomic mass is 19.1. The third-order valence-corrected chi connectivity index (χ3v) is 2.35. The van der Waals surface area contributed by atoms with Crippen LogP contribution < -0.4 is 10.5 Å². The Bertz CT molecular complexity index is 522. The highest BCUT2D eigenvalue weighted by Gasteiger charge is 2.12. The van der Waals surface area contributed by atoms with E-state index in [0.717, 1.165) is 0 Å². The van der Waals surface area contributed by atoms with Gasteiger partial charge in [0.15, 0.2) is 0 Å². The van der Waals surface area contributed by atoms with E-state index < -0.39 is 0 Å². The molecule has 1 aromatic heterocycles. The van der Waals surface area contributed by atoms with Gasteiger partial charge >= 0.3 is 0 Å². The molecule has 16 heavy (non-hydrogen) atoms. The van der Waals surface area contributed by atoms with Crippen LogP contribution in [0.2, 0.25) is 0 Å². The summed E-state index contributed by atoms with van der Waals surface area (Å²) in [6.45, 7) is 1.68. The number of halogens is 1. The molecule has 1 heterocycles. The van der Waals surface area contributed by atoms with Crippen molar-refractivity contribution in [2.75, 3.05) is 12.8 Å². The minimum atomic E-state index is -0.301. The van der Waals surface area contributed by atoms with Gasteiger partial charge in [-0.25, -0.2) is 4.39 Å². The molecule has 0 bridgehead atoms. The number of methoxy groups -OCH3 is 1. The summed E-state index contributed by atoms with van der Waals surface area (Å²) in [5.41, 5.74) is 6.94. The smallest absolute Gasteiger partial charge is 0.145 e. The highest BCUT2D eigenvalue weighted by molar-refractivity contribution is 5.65. The number of anilines is 1.